The molecular weight excluding hydrogens is 293 g/mol. The van der Waals surface area contributed by atoms with Crippen LogP contribution in [0.2, 0.25) is 0 Å². The van der Waals surface area contributed by atoms with Crippen LogP contribution in [-0.2, 0) is 14.1 Å². The van der Waals surface area contributed by atoms with E-state index in [1.807, 2.05) is 52.8 Å². The van der Waals surface area contributed by atoms with E-state index in [0.29, 0.717) is 18.0 Å². The van der Waals surface area contributed by atoms with Crippen molar-refractivity contribution in [2.45, 2.75) is 59.2 Å². The van der Waals surface area contributed by atoms with Crippen molar-refractivity contribution in [3.63, 3.8) is 0 Å². The summed E-state index contributed by atoms with van der Waals surface area (Å²) in [6.45, 7) is 12.2. The number of anilines is 1. The van der Waals surface area contributed by atoms with Gasteiger partial charge in [-0.15, -0.1) is 0 Å². The van der Waals surface area contributed by atoms with Crippen LogP contribution >= 0.6 is 0 Å². The first-order valence-electron chi connectivity index (χ1n) is 8.06. The number of carbonyl (C=O) groups excluding carboxylic acids is 1. The largest absolute Gasteiger partial charge is 0.494 e. The topological polar surface area (TPSA) is 56.8 Å². The van der Waals surface area contributed by atoms with Crippen LogP contribution in [0.15, 0.2) is 18.2 Å². The fraction of sp³-hybridized carbons (Fsp3) is 0.588. The van der Waals surface area contributed by atoms with Gasteiger partial charge in [-0.25, -0.2) is 0 Å². The average molecular weight is 319 g/mol. The average Bonchev–Trinajstić information content (AvgIpc) is 2.65. The van der Waals surface area contributed by atoms with Crippen LogP contribution in [-0.4, -0.2) is 30.8 Å². The molecule has 6 heteroatoms. The maximum atomic E-state index is 11.3. The number of hydrogen-bond acceptors (Lipinski definition) is 4. The molecule has 1 saturated heterocycles. The maximum absolute atomic E-state index is 11.3. The highest BCUT2D eigenvalue weighted by Crippen LogP contribution is 2.37. The third-order valence-corrected chi connectivity index (χ3v) is 4.30. The molecule has 1 heterocycles. The van der Waals surface area contributed by atoms with Gasteiger partial charge in [0.2, 0.25) is 5.91 Å². The molecule has 23 heavy (non-hydrogen) atoms. The summed E-state index contributed by atoms with van der Waals surface area (Å²) in [4.78, 5) is 11.3. The van der Waals surface area contributed by atoms with Crippen molar-refractivity contribution in [3.05, 3.63) is 18.2 Å². The lowest BCUT2D eigenvalue weighted by Crippen LogP contribution is -2.41. The molecule has 0 radical (unpaired) electrons. The smallest absolute Gasteiger partial charge is 0.491 e. The molecule has 1 aromatic carbocycles. The van der Waals surface area contributed by atoms with Crippen molar-refractivity contribution in [1.29, 1.82) is 0 Å². The van der Waals surface area contributed by atoms with E-state index in [2.05, 4.69) is 5.32 Å². The summed E-state index contributed by atoms with van der Waals surface area (Å²) in [7, 11) is -0.449. The molecule has 1 aliphatic rings. The summed E-state index contributed by atoms with van der Waals surface area (Å²) in [5, 5.41) is 2.79. The summed E-state index contributed by atoms with van der Waals surface area (Å²) >= 11 is 0. The van der Waals surface area contributed by atoms with Crippen LogP contribution in [0.1, 0.15) is 48.0 Å². The van der Waals surface area contributed by atoms with Gasteiger partial charge < -0.3 is 19.4 Å². The number of hydrogen-bond donors (Lipinski definition) is 1. The first kappa shape index (κ1) is 17.8. The minimum atomic E-state index is -0.449. The van der Waals surface area contributed by atoms with Crippen molar-refractivity contribution in [2.24, 2.45) is 0 Å². The second kappa shape index (κ2) is 6.53. The van der Waals surface area contributed by atoms with Crippen LogP contribution in [0.3, 0.4) is 0 Å². The van der Waals surface area contributed by atoms with E-state index in [1.54, 1.807) is 0 Å². The Balaban J connectivity index is 2.28. The van der Waals surface area contributed by atoms with E-state index >= 15 is 0 Å². The monoisotopic (exact) mass is 319 g/mol. The molecule has 0 bridgehead atoms. The highest BCUT2D eigenvalue weighted by Gasteiger charge is 2.51. The molecule has 2 rings (SSSR count). The number of carbonyl (C=O) groups is 1. The molecule has 0 saturated carbocycles. The Bertz CT molecular complexity index is 570. The molecule has 1 aliphatic heterocycles. The Morgan fingerprint density at radius 3 is 2.35 bits per heavy atom. The van der Waals surface area contributed by atoms with Crippen molar-refractivity contribution in [3.8, 4) is 5.75 Å². The highest BCUT2D eigenvalue weighted by molar-refractivity contribution is 6.62. The van der Waals surface area contributed by atoms with E-state index in [4.69, 9.17) is 14.0 Å². The molecule has 126 valence electrons. The minimum absolute atomic E-state index is 0.130. The highest BCUT2D eigenvalue weighted by atomic mass is 16.7. The molecule has 1 aromatic rings. The quantitative estimate of drug-likeness (QED) is 0.848. The van der Waals surface area contributed by atoms with Crippen LogP contribution in [0.25, 0.3) is 0 Å². The number of amides is 1. The summed E-state index contributed by atoms with van der Waals surface area (Å²) in [6.07, 6.45) is 0.889. The Morgan fingerprint density at radius 1 is 1.22 bits per heavy atom. The van der Waals surface area contributed by atoms with Crippen LogP contribution in [0.5, 0.6) is 5.75 Å². The van der Waals surface area contributed by atoms with Gasteiger partial charge >= 0.3 is 7.12 Å². The van der Waals surface area contributed by atoms with Gasteiger partial charge in [0.25, 0.3) is 0 Å². The van der Waals surface area contributed by atoms with Crippen LogP contribution < -0.4 is 15.5 Å². The third kappa shape index (κ3) is 3.87. The summed E-state index contributed by atoms with van der Waals surface area (Å²) in [6, 6.07) is 5.60. The van der Waals surface area contributed by atoms with Gasteiger partial charge in [-0.05, 0) is 51.7 Å². The first-order valence-corrected chi connectivity index (χ1v) is 8.06. The SMILES string of the molecule is CCCOc1cc(B2OC(C)(C)C(C)(C)O2)ccc1NC(C)=O. The van der Waals surface area contributed by atoms with Crippen LogP contribution in [0.4, 0.5) is 5.69 Å². The second-order valence-electron chi connectivity index (χ2n) is 6.87. The van der Waals surface area contributed by atoms with Gasteiger partial charge in [-0.2, -0.15) is 0 Å². The number of nitrogens with one attached hydrogen (secondary N) is 1. The Morgan fingerprint density at radius 2 is 1.83 bits per heavy atom. The number of rotatable bonds is 5. The van der Waals surface area contributed by atoms with E-state index in [9.17, 15) is 4.79 Å². The molecule has 0 unspecified atom stereocenters. The van der Waals surface area contributed by atoms with Gasteiger partial charge in [-0.3, -0.25) is 4.79 Å². The molecule has 0 aliphatic carbocycles. The molecule has 5 nitrogen and oxygen atoms in total. The van der Waals surface area contributed by atoms with E-state index < -0.39 is 18.3 Å². The molecule has 1 amide bonds. The zero-order valence-corrected chi connectivity index (χ0v) is 14.9. The molecule has 0 spiro atoms. The number of ether oxygens (including phenoxy) is 1. The Labute approximate surface area is 138 Å². The normalized spacial score (nSPS) is 18.8. The van der Waals surface area contributed by atoms with Gasteiger partial charge in [-0.1, -0.05) is 13.0 Å². The molecular formula is C17H26BNO4. The Hall–Kier alpha value is -1.53. The van der Waals surface area contributed by atoms with Crippen LogP contribution in [0, 0.1) is 0 Å². The number of benzene rings is 1. The van der Waals surface area contributed by atoms with Crippen molar-refractivity contribution in [2.75, 3.05) is 11.9 Å². The molecule has 0 aromatic heterocycles. The first-order chi connectivity index (χ1) is 10.7. The fourth-order valence-electron chi connectivity index (χ4n) is 2.29. The zero-order chi connectivity index (χ0) is 17.3. The van der Waals surface area contributed by atoms with Gasteiger partial charge in [0.15, 0.2) is 0 Å². The maximum Gasteiger partial charge on any atom is 0.494 e. The predicted molar refractivity (Wildman–Crippen MR) is 92.2 cm³/mol. The molecule has 1 fully saturated rings. The predicted octanol–water partition coefficient (Wildman–Crippen LogP) is 2.73. The van der Waals surface area contributed by atoms with E-state index in [-0.39, 0.29) is 5.91 Å². The molecule has 0 atom stereocenters. The second-order valence-corrected chi connectivity index (χ2v) is 6.87. The van der Waals surface area contributed by atoms with Gasteiger partial charge in [0.1, 0.15) is 5.75 Å². The Kier molecular flexibility index (Phi) is 5.06. The molecule has 1 N–H and O–H groups in total. The lowest BCUT2D eigenvalue weighted by atomic mass is 9.79. The minimum Gasteiger partial charge on any atom is -0.491 e. The van der Waals surface area contributed by atoms with E-state index in [1.165, 1.54) is 6.92 Å². The lowest BCUT2D eigenvalue weighted by molar-refractivity contribution is -0.114. The van der Waals surface area contributed by atoms with Gasteiger partial charge in [0, 0.05) is 6.92 Å². The summed E-state index contributed by atoms with van der Waals surface area (Å²) < 4.78 is 17.9. The van der Waals surface area contributed by atoms with Crippen molar-refractivity contribution in [1.82, 2.24) is 0 Å². The van der Waals surface area contributed by atoms with Crippen molar-refractivity contribution >= 4 is 24.2 Å². The standard InChI is InChI=1S/C17H26BNO4/c1-7-10-21-15-11-13(8-9-14(15)19-12(2)20)18-22-16(3,4)17(5,6)23-18/h8-9,11H,7,10H2,1-6H3,(H,19,20). The zero-order valence-electron chi connectivity index (χ0n) is 14.9. The third-order valence-electron chi connectivity index (χ3n) is 4.30. The van der Waals surface area contributed by atoms with E-state index in [0.717, 1.165) is 11.9 Å². The van der Waals surface area contributed by atoms with Crippen molar-refractivity contribution < 1.29 is 18.8 Å². The summed E-state index contributed by atoms with van der Waals surface area (Å²) in [5.74, 6) is 0.504. The lowest BCUT2D eigenvalue weighted by Gasteiger charge is -2.32. The fourth-order valence-corrected chi connectivity index (χ4v) is 2.29. The van der Waals surface area contributed by atoms with Gasteiger partial charge in [0.05, 0.1) is 23.5 Å². The summed E-state index contributed by atoms with van der Waals surface area (Å²) in [5.41, 5.74) is 0.756.